The van der Waals surface area contributed by atoms with Crippen molar-refractivity contribution >= 4 is 23.1 Å². The summed E-state index contributed by atoms with van der Waals surface area (Å²) in [6.45, 7) is 8.15. The molecule has 1 N–H and O–H groups in total. The fraction of sp³-hybridized carbons (Fsp3) is 0.529. The number of piperidine rings is 1. The van der Waals surface area contributed by atoms with Gasteiger partial charge in [-0.15, -0.1) is 11.3 Å². The first kappa shape index (κ1) is 16.8. The Morgan fingerprint density at radius 1 is 1.17 bits per heavy atom. The molecule has 24 heavy (non-hydrogen) atoms. The van der Waals surface area contributed by atoms with Crippen LogP contribution in [0.2, 0.25) is 0 Å². The van der Waals surface area contributed by atoms with Crippen molar-refractivity contribution in [3.63, 3.8) is 0 Å². The van der Waals surface area contributed by atoms with E-state index in [0.29, 0.717) is 17.2 Å². The molecule has 3 heterocycles. The third-order valence-electron chi connectivity index (χ3n) is 4.08. The maximum absolute atomic E-state index is 12.3. The maximum Gasteiger partial charge on any atom is 0.263 e. The van der Waals surface area contributed by atoms with Crippen molar-refractivity contribution in [2.24, 2.45) is 0 Å². The molecule has 7 heteroatoms. The summed E-state index contributed by atoms with van der Waals surface area (Å²) in [5.41, 5.74) is 1.70. The Balaban J connectivity index is 1.69. The van der Waals surface area contributed by atoms with Gasteiger partial charge in [0.25, 0.3) is 5.91 Å². The zero-order valence-corrected chi connectivity index (χ0v) is 15.2. The van der Waals surface area contributed by atoms with Gasteiger partial charge >= 0.3 is 0 Å². The zero-order valence-electron chi connectivity index (χ0n) is 14.4. The van der Waals surface area contributed by atoms with Crippen LogP contribution in [0.15, 0.2) is 6.07 Å². The number of nitrogens with one attached hydrogen (secondary N) is 1. The number of aryl methyl sites for hydroxylation is 3. The number of carbonyl (C=O) groups excluding carboxylic acids is 1. The predicted molar refractivity (Wildman–Crippen MR) is 95.6 cm³/mol. The van der Waals surface area contributed by atoms with Gasteiger partial charge in [-0.1, -0.05) is 0 Å². The van der Waals surface area contributed by atoms with Gasteiger partial charge in [-0.2, -0.15) is 0 Å². The molecule has 2 aromatic rings. The first-order valence-electron chi connectivity index (χ1n) is 8.34. The molecule has 1 amide bonds. The molecule has 0 unspecified atom stereocenters. The number of nitrogens with zero attached hydrogens (tertiary/aromatic N) is 4. The Bertz CT molecular complexity index is 737. The summed E-state index contributed by atoms with van der Waals surface area (Å²) >= 11 is 1.41. The van der Waals surface area contributed by atoms with Crippen molar-refractivity contribution in [3.8, 4) is 0 Å². The van der Waals surface area contributed by atoms with Gasteiger partial charge in [0.1, 0.15) is 16.5 Å². The molecule has 3 rings (SSSR count). The molecule has 0 aromatic carbocycles. The summed E-state index contributed by atoms with van der Waals surface area (Å²) in [5, 5.41) is 3.81. The van der Waals surface area contributed by atoms with Gasteiger partial charge in [0.2, 0.25) is 0 Å². The summed E-state index contributed by atoms with van der Waals surface area (Å²) < 4.78 is 0. The molecule has 0 aliphatic carbocycles. The molecule has 1 fully saturated rings. The van der Waals surface area contributed by atoms with Gasteiger partial charge in [-0.3, -0.25) is 4.79 Å². The number of anilines is 1. The average Bonchev–Trinajstić information content (AvgIpc) is 2.91. The van der Waals surface area contributed by atoms with E-state index in [-0.39, 0.29) is 5.91 Å². The van der Waals surface area contributed by atoms with Crippen LogP contribution < -0.4 is 10.2 Å². The molecule has 0 bridgehead atoms. The van der Waals surface area contributed by atoms with Crippen molar-refractivity contribution in [1.29, 1.82) is 0 Å². The van der Waals surface area contributed by atoms with Crippen LogP contribution >= 0.6 is 11.3 Å². The molecule has 0 atom stereocenters. The lowest BCUT2D eigenvalue weighted by molar-refractivity contribution is 0.0953. The van der Waals surface area contributed by atoms with Crippen LogP contribution in [0.1, 0.15) is 51.2 Å². The van der Waals surface area contributed by atoms with Crippen LogP contribution in [0.3, 0.4) is 0 Å². The van der Waals surface area contributed by atoms with Crippen LogP contribution in [0.25, 0.3) is 0 Å². The molecule has 1 aliphatic heterocycles. The van der Waals surface area contributed by atoms with Crippen molar-refractivity contribution in [2.45, 2.75) is 46.6 Å². The SMILES string of the molecule is Cc1cc(N2CCCCC2)nc(CNC(=O)c2sc(C)nc2C)n1. The van der Waals surface area contributed by atoms with E-state index in [1.165, 1.54) is 30.6 Å². The topological polar surface area (TPSA) is 71.0 Å². The number of hydrogen-bond donors (Lipinski definition) is 1. The van der Waals surface area contributed by atoms with E-state index in [1.807, 2.05) is 26.8 Å². The number of thiazole rings is 1. The lowest BCUT2D eigenvalue weighted by Crippen LogP contribution is -2.31. The second-order valence-corrected chi connectivity index (χ2v) is 7.36. The number of rotatable bonds is 4. The Morgan fingerprint density at radius 3 is 2.58 bits per heavy atom. The summed E-state index contributed by atoms with van der Waals surface area (Å²) in [6, 6.07) is 2.02. The van der Waals surface area contributed by atoms with Gasteiger partial charge in [0, 0.05) is 24.8 Å². The van der Waals surface area contributed by atoms with E-state index >= 15 is 0 Å². The van der Waals surface area contributed by atoms with E-state index in [4.69, 9.17) is 0 Å². The monoisotopic (exact) mass is 345 g/mol. The van der Waals surface area contributed by atoms with Crippen LogP contribution in [0.5, 0.6) is 0 Å². The van der Waals surface area contributed by atoms with Crippen molar-refractivity contribution in [1.82, 2.24) is 20.3 Å². The molecular weight excluding hydrogens is 322 g/mol. The van der Waals surface area contributed by atoms with Gasteiger partial charge in [0.05, 0.1) is 17.2 Å². The van der Waals surface area contributed by atoms with Crippen LogP contribution in [-0.2, 0) is 6.54 Å². The highest BCUT2D eigenvalue weighted by molar-refractivity contribution is 7.13. The minimum Gasteiger partial charge on any atom is -0.357 e. The first-order valence-corrected chi connectivity index (χ1v) is 9.16. The van der Waals surface area contributed by atoms with E-state index in [2.05, 4.69) is 25.2 Å². The molecule has 1 aliphatic rings. The van der Waals surface area contributed by atoms with Gasteiger partial charge in [0.15, 0.2) is 0 Å². The number of hydrogen-bond acceptors (Lipinski definition) is 6. The lowest BCUT2D eigenvalue weighted by atomic mass is 10.1. The lowest BCUT2D eigenvalue weighted by Gasteiger charge is -2.28. The Hall–Kier alpha value is -2.02. The highest BCUT2D eigenvalue weighted by Gasteiger charge is 2.16. The van der Waals surface area contributed by atoms with E-state index < -0.39 is 0 Å². The molecule has 0 radical (unpaired) electrons. The maximum atomic E-state index is 12.3. The minimum atomic E-state index is -0.109. The largest absolute Gasteiger partial charge is 0.357 e. The fourth-order valence-electron chi connectivity index (χ4n) is 2.96. The summed E-state index contributed by atoms with van der Waals surface area (Å²) in [5.74, 6) is 1.52. The first-order chi connectivity index (χ1) is 11.5. The molecule has 1 saturated heterocycles. The van der Waals surface area contributed by atoms with Gasteiger partial charge in [-0.05, 0) is 40.0 Å². The smallest absolute Gasteiger partial charge is 0.263 e. The molecule has 0 saturated carbocycles. The molecule has 2 aromatic heterocycles. The standard InChI is InChI=1S/C17H23N5OS/c1-11-9-15(22-7-5-4-6-8-22)21-14(19-11)10-18-17(23)16-12(2)20-13(3)24-16/h9H,4-8,10H2,1-3H3,(H,18,23). The third kappa shape index (κ3) is 3.90. The predicted octanol–water partition coefficient (Wildman–Crippen LogP) is 2.78. The van der Waals surface area contributed by atoms with E-state index in [1.54, 1.807) is 0 Å². The molecule has 6 nitrogen and oxygen atoms in total. The summed E-state index contributed by atoms with van der Waals surface area (Å²) in [7, 11) is 0. The summed E-state index contributed by atoms with van der Waals surface area (Å²) in [6.07, 6.45) is 3.70. The zero-order chi connectivity index (χ0) is 17.1. The second-order valence-electron chi connectivity index (χ2n) is 6.16. The van der Waals surface area contributed by atoms with Gasteiger partial charge in [-0.25, -0.2) is 15.0 Å². The number of carbonyl (C=O) groups is 1. The Morgan fingerprint density at radius 2 is 1.92 bits per heavy atom. The van der Waals surface area contributed by atoms with Crippen LogP contribution in [-0.4, -0.2) is 33.9 Å². The normalized spacial score (nSPS) is 14.7. The van der Waals surface area contributed by atoms with E-state index in [9.17, 15) is 4.79 Å². The van der Waals surface area contributed by atoms with Crippen molar-refractivity contribution in [2.75, 3.05) is 18.0 Å². The van der Waals surface area contributed by atoms with Crippen molar-refractivity contribution < 1.29 is 4.79 Å². The van der Waals surface area contributed by atoms with Crippen LogP contribution in [0, 0.1) is 20.8 Å². The Labute approximate surface area is 146 Å². The average molecular weight is 345 g/mol. The van der Waals surface area contributed by atoms with E-state index in [0.717, 1.165) is 35.3 Å². The second kappa shape index (κ2) is 7.25. The summed E-state index contributed by atoms with van der Waals surface area (Å²) in [4.78, 5) is 28.7. The van der Waals surface area contributed by atoms with Crippen LogP contribution in [0.4, 0.5) is 5.82 Å². The van der Waals surface area contributed by atoms with Gasteiger partial charge < -0.3 is 10.2 Å². The Kier molecular flexibility index (Phi) is 5.08. The number of amides is 1. The highest BCUT2D eigenvalue weighted by atomic mass is 32.1. The number of aromatic nitrogens is 3. The molecule has 0 spiro atoms. The van der Waals surface area contributed by atoms with Crippen molar-refractivity contribution in [3.05, 3.63) is 33.2 Å². The fourth-order valence-corrected chi connectivity index (χ4v) is 3.79. The third-order valence-corrected chi connectivity index (χ3v) is 5.16. The highest BCUT2D eigenvalue weighted by Crippen LogP contribution is 2.19. The minimum absolute atomic E-state index is 0.109. The molecule has 128 valence electrons. The quantitative estimate of drug-likeness (QED) is 0.922. The molecular formula is C17H23N5OS.